The van der Waals surface area contributed by atoms with E-state index in [1.54, 1.807) is 0 Å². The van der Waals surface area contributed by atoms with Gasteiger partial charge in [-0.1, -0.05) is 0 Å². The van der Waals surface area contributed by atoms with Gasteiger partial charge in [-0.3, -0.25) is 0 Å². The molecule has 0 N–H and O–H groups in total. The second-order valence-corrected chi connectivity index (χ2v) is 6.27. The minimum absolute atomic E-state index is 0.658. The van der Waals surface area contributed by atoms with Crippen LogP contribution in [0.3, 0.4) is 0 Å². The molecule has 0 aromatic carbocycles. The molecule has 2 heterocycles. The van der Waals surface area contributed by atoms with Gasteiger partial charge in [-0.05, 0) is 38.6 Å². The van der Waals surface area contributed by atoms with Crippen LogP contribution in [0.15, 0.2) is 0 Å². The summed E-state index contributed by atoms with van der Waals surface area (Å²) < 4.78 is 2.46. The zero-order chi connectivity index (χ0) is 9.47. The number of hydrogen-bond donors (Lipinski definition) is 0. The first-order valence-electron chi connectivity index (χ1n) is 5.26. The molecule has 2 aliphatic rings. The first kappa shape index (κ1) is 10.2. The van der Waals surface area contributed by atoms with E-state index >= 15 is 0 Å². The number of likely N-dealkylation sites (tertiary alicyclic amines) is 1. The molecular formula is C10H19IN2. The van der Waals surface area contributed by atoms with Crippen molar-refractivity contribution in [2.75, 3.05) is 26.2 Å². The van der Waals surface area contributed by atoms with Crippen LogP contribution in [-0.4, -0.2) is 40.2 Å². The minimum Gasteiger partial charge on any atom is -0.300 e. The van der Waals surface area contributed by atoms with Crippen LogP contribution in [0.5, 0.6) is 0 Å². The average molecular weight is 294 g/mol. The summed E-state index contributed by atoms with van der Waals surface area (Å²) in [4.78, 5) is 2.63. The van der Waals surface area contributed by atoms with Crippen molar-refractivity contribution in [3.8, 4) is 0 Å². The Kier molecular flexibility index (Phi) is 2.87. The number of nitrogens with zero attached hydrogens (tertiary/aromatic N) is 2. The van der Waals surface area contributed by atoms with E-state index in [-0.39, 0.29) is 0 Å². The van der Waals surface area contributed by atoms with Gasteiger partial charge >= 0.3 is 0 Å². The molecule has 2 rings (SSSR count). The van der Waals surface area contributed by atoms with Crippen LogP contribution in [0.4, 0.5) is 0 Å². The highest BCUT2D eigenvalue weighted by molar-refractivity contribution is 14.1. The fraction of sp³-hybridized carbons (Fsp3) is 1.00. The predicted molar refractivity (Wildman–Crippen MR) is 64.0 cm³/mol. The van der Waals surface area contributed by atoms with Gasteiger partial charge in [0.1, 0.15) is 0 Å². The first-order chi connectivity index (χ1) is 6.11. The third-order valence-electron chi connectivity index (χ3n) is 3.59. The third kappa shape index (κ3) is 2.02. The Morgan fingerprint density at radius 2 is 1.85 bits per heavy atom. The van der Waals surface area contributed by atoms with Crippen molar-refractivity contribution in [3.63, 3.8) is 0 Å². The van der Waals surface area contributed by atoms with Crippen molar-refractivity contribution < 1.29 is 0 Å². The fourth-order valence-electron chi connectivity index (χ4n) is 2.62. The summed E-state index contributed by atoms with van der Waals surface area (Å²) in [5, 5.41) is 0. The second-order valence-electron chi connectivity index (χ2n) is 4.91. The van der Waals surface area contributed by atoms with E-state index in [1.807, 2.05) is 0 Å². The molecule has 0 aromatic heterocycles. The van der Waals surface area contributed by atoms with Gasteiger partial charge < -0.3 is 4.90 Å². The van der Waals surface area contributed by atoms with E-state index < -0.39 is 0 Å². The Bertz CT molecular complexity index is 195. The third-order valence-corrected chi connectivity index (χ3v) is 4.41. The molecule has 76 valence electrons. The summed E-state index contributed by atoms with van der Waals surface area (Å²) in [6, 6.07) is 0.739. The van der Waals surface area contributed by atoms with Crippen molar-refractivity contribution in [2.45, 2.75) is 32.7 Å². The van der Waals surface area contributed by atoms with Crippen LogP contribution in [0.2, 0.25) is 0 Å². The molecule has 0 amide bonds. The molecule has 0 saturated carbocycles. The Morgan fingerprint density at radius 3 is 2.31 bits per heavy atom. The molecule has 0 aromatic rings. The minimum atomic E-state index is 0.658. The van der Waals surface area contributed by atoms with Crippen LogP contribution in [-0.2, 0) is 0 Å². The Balaban J connectivity index is 1.97. The van der Waals surface area contributed by atoms with Gasteiger partial charge in [0.25, 0.3) is 0 Å². The molecule has 0 radical (unpaired) electrons. The summed E-state index contributed by atoms with van der Waals surface area (Å²) in [7, 11) is 0. The van der Waals surface area contributed by atoms with E-state index in [2.05, 4.69) is 44.7 Å². The van der Waals surface area contributed by atoms with Gasteiger partial charge in [0.05, 0.1) is 0 Å². The normalized spacial score (nSPS) is 36.9. The second kappa shape index (κ2) is 3.66. The lowest BCUT2D eigenvalue weighted by atomic mass is 9.86. The number of halogens is 1. The van der Waals surface area contributed by atoms with Gasteiger partial charge in [-0.25, -0.2) is 3.11 Å². The maximum absolute atomic E-state index is 2.63. The summed E-state index contributed by atoms with van der Waals surface area (Å²) in [6.45, 7) is 9.90. The maximum Gasteiger partial charge on any atom is 0.0201 e. The summed E-state index contributed by atoms with van der Waals surface area (Å²) in [6.07, 6.45) is 2.84. The molecule has 2 fully saturated rings. The maximum atomic E-state index is 2.63. The highest BCUT2D eigenvalue weighted by Crippen LogP contribution is 2.40. The van der Waals surface area contributed by atoms with Gasteiger partial charge in [0.2, 0.25) is 0 Å². The Labute approximate surface area is 95.2 Å². The van der Waals surface area contributed by atoms with Crippen LogP contribution in [0.1, 0.15) is 26.7 Å². The largest absolute Gasteiger partial charge is 0.300 e. The molecule has 1 atom stereocenters. The van der Waals surface area contributed by atoms with E-state index in [0.717, 1.165) is 6.04 Å². The Morgan fingerprint density at radius 1 is 1.15 bits per heavy atom. The van der Waals surface area contributed by atoms with E-state index in [9.17, 15) is 0 Å². The summed E-state index contributed by atoms with van der Waals surface area (Å²) in [5.41, 5.74) is 0.658. The zero-order valence-corrected chi connectivity index (χ0v) is 10.7. The molecule has 2 saturated heterocycles. The highest BCUT2D eigenvalue weighted by Gasteiger charge is 2.43. The summed E-state index contributed by atoms with van der Waals surface area (Å²) >= 11 is 2.47. The molecule has 2 nitrogen and oxygen atoms in total. The van der Waals surface area contributed by atoms with Crippen molar-refractivity contribution in [1.82, 2.24) is 8.01 Å². The molecule has 1 spiro atoms. The van der Waals surface area contributed by atoms with E-state index in [4.69, 9.17) is 0 Å². The summed E-state index contributed by atoms with van der Waals surface area (Å²) in [5.74, 6) is 0. The number of rotatable bonds is 1. The fourth-order valence-corrected chi connectivity index (χ4v) is 3.59. The standard InChI is InChI=1S/C10H19IN2/c1-9(2)12-5-3-10(7-12)4-6-13(11)8-10/h9H,3-8H2,1-2H3. The lowest BCUT2D eigenvalue weighted by Gasteiger charge is -2.25. The predicted octanol–water partition coefficient (Wildman–Crippen LogP) is 2.14. The Hall–Kier alpha value is 0.650. The molecule has 0 aliphatic carbocycles. The quantitative estimate of drug-likeness (QED) is 0.540. The molecule has 0 bridgehead atoms. The van der Waals surface area contributed by atoms with Gasteiger partial charge in [-0.2, -0.15) is 0 Å². The smallest absolute Gasteiger partial charge is 0.0201 e. The highest BCUT2D eigenvalue weighted by atomic mass is 127. The van der Waals surface area contributed by atoms with Crippen LogP contribution >= 0.6 is 22.9 Å². The van der Waals surface area contributed by atoms with Crippen molar-refractivity contribution in [3.05, 3.63) is 0 Å². The molecule has 3 heteroatoms. The van der Waals surface area contributed by atoms with Crippen molar-refractivity contribution in [1.29, 1.82) is 0 Å². The van der Waals surface area contributed by atoms with Gasteiger partial charge in [-0.15, -0.1) is 0 Å². The van der Waals surface area contributed by atoms with E-state index in [0.29, 0.717) is 5.41 Å². The van der Waals surface area contributed by atoms with Gasteiger partial charge in [0.15, 0.2) is 0 Å². The molecule has 1 unspecified atom stereocenters. The van der Waals surface area contributed by atoms with Crippen molar-refractivity contribution >= 4 is 22.9 Å². The molecular weight excluding hydrogens is 275 g/mol. The lowest BCUT2D eigenvalue weighted by Crippen LogP contribution is -2.32. The zero-order valence-electron chi connectivity index (χ0n) is 8.59. The lowest BCUT2D eigenvalue weighted by molar-refractivity contribution is 0.231. The van der Waals surface area contributed by atoms with Crippen LogP contribution in [0.25, 0.3) is 0 Å². The molecule has 13 heavy (non-hydrogen) atoms. The van der Waals surface area contributed by atoms with Gasteiger partial charge in [0, 0.05) is 48.5 Å². The molecule has 2 aliphatic heterocycles. The van der Waals surface area contributed by atoms with E-state index in [1.165, 1.54) is 39.0 Å². The van der Waals surface area contributed by atoms with Crippen LogP contribution < -0.4 is 0 Å². The number of hydrogen-bond acceptors (Lipinski definition) is 2. The van der Waals surface area contributed by atoms with Crippen molar-refractivity contribution in [2.24, 2.45) is 5.41 Å². The monoisotopic (exact) mass is 294 g/mol. The first-order valence-corrected chi connectivity index (χ1v) is 6.23. The average Bonchev–Trinajstić information content (AvgIpc) is 2.61. The van der Waals surface area contributed by atoms with Crippen LogP contribution in [0, 0.1) is 5.41 Å². The topological polar surface area (TPSA) is 6.48 Å². The SMILES string of the molecule is CC(C)N1CCC2(CCN(I)C2)C1.